The summed E-state index contributed by atoms with van der Waals surface area (Å²) < 4.78 is 5.29. The number of nitrogens with two attached hydrogens (primary N) is 1. The first kappa shape index (κ1) is 17.2. The molecule has 1 unspecified atom stereocenters. The molecule has 1 aromatic heterocycles. The van der Waals surface area contributed by atoms with E-state index in [0.717, 1.165) is 18.4 Å². The van der Waals surface area contributed by atoms with E-state index in [1.165, 1.54) is 7.11 Å². The highest BCUT2D eigenvalue weighted by Gasteiger charge is 2.35. The molecular weight excluding hydrogens is 344 g/mol. The van der Waals surface area contributed by atoms with E-state index in [0.29, 0.717) is 22.2 Å². The third-order valence-corrected chi connectivity index (χ3v) is 5.13. The van der Waals surface area contributed by atoms with Crippen LogP contribution in [0.2, 0.25) is 0 Å². The third-order valence-electron chi connectivity index (χ3n) is 5.13. The van der Waals surface area contributed by atoms with Crippen LogP contribution in [0.15, 0.2) is 36.4 Å². The van der Waals surface area contributed by atoms with Gasteiger partial charge < -0.3 is 10.5 Å². The number of methoxy groups -OCH3 is 1. The highest BCUT2D eigenvalue weighted by atomic mass is 16.6. The predicted molar refractivity (Wildman–Crippen MR) is 103 cm³/mol. The molecule has 1 atom stereocenters. The molecule has 1 aliphatic rings. The van der Waals surface area contributed by atoms with Gasteiger partial charge in [0, 0.05) is 11.5 Å². The van der Waals surface area contributed by atoms with Crippen molar-refractivity contribution in [1.29, 1.82) is 0 Å². The summed E-state index contributed by atoms with van der Waals surface area (Å²) in [5, 5.41) is 12.3. The van der Waals surface area contributed by atoms with Gasteiger partial charge in [-0.2, -0.15) is 9.97 Å². The van der Waals surface area contributed by atoms with Crippen LogP contribution in [-0.2, 0) is 0 Å². The summed E-state index contributed by atoms with van der Waals surface area (Å²) in [6, 6.07) is 11.8. The lowest BCUT2D eigenvalue weighted by Crippen LogP contribution is -2.08. The highest BCUT2D eigenvalue weighted by Crippen LogP contribution is 2.49. The topological polar surface area (TPSA) is 104 Å². The van der Waals surface area contributed by atoms with E-state index in [2.05, 4.69) is 9.97 Å². The fourth-order valence-corrected chi connectivity index (χ4v) is 3.56. The molecule has 1 saturated carbocycles. The molecule has 4 rings (SSSR count). The molecule has 1 heterocycles. The van der Waals surface area contributed by atoms with E-state index in [-0.39, 0.29) is 34.1 Å². The number of ether oxygens (including phenoxy) is 1. The Morgan fingerprint density at radius 1 is 1.26 bits per heavy atom. The molecule has 2 N–H and O–H groups in total. The molecule has 0 spiro atoms. The van der Waals surface area contributed by atoms with Gasteiger partial charge >= 0.3 is 6.01 Å². The lowest BCUT2D eigenvalue weighted by molar-refractivity contribution is -0.384. The quantitative estimate of drug-likeness (QED) is 0.414. The molecule has 1 fully saturated rings. The lowest BCUT2D eigenvalue weighted by atomic mass is 9.92. The number of hydrogen-bond donors (Lipinski definition) is 1. The summed E-state index contributed by atoms with van der Waals surface area (Å²) in [4.78, 5) is 20.3. The van der Waals surface area contributed by atoms with Crippen molar-refractivity contribution < 1.29 is 9.66 Å². The van der Waals surface area contributed by atoms with Gasteiger partial charge in [-0.05, 0) is 30.4 Å². The number of aromatic nitrogens is 2. The van der Waals surface area contributed by atoms with Gasteiger partial charge in [-0.25, -0.2) is 0 Å². The van der Waals surface area contributed by atoms with Crippen LogP contribution in [0.5, 0.6) is 6.01 Å². The van der Waals surface area contributed by atoms with Gasteiger partial charge in [-0.1, -0.05) is 37.3 Å². The van der Waals surface area contributed by atoms with Crippen molar-refractivity contribution in [3.8, 4) is 6.01 Å². The normalized spacial score (nSPS) is 14.9. The zero-order chi connectivity index (χ0) is 19.1. The van der Waals surface area contributed by atoms with Crippen LogP contribution < -0.4 is 10.5 Å². The molecule has 0 bridgehead atoms. The highest BCUT2D eigenvalue weighted by molar-refractivity contribution is 5.99. The number of nitro groups is 1. The number of fused-ring (bicyclic) bond motifs is 1. The summed E-state index contributed by atoms with van der Waals surface area (Å²) in [6.45, 7) is 2.00. The number of nitrogens with zero attached hydrogens (tertiary/aromatic N) is 3. The molecule has 2 aromatic carbocycles. The molecule has 0 saturated heterocycles. The van der Waals surface area contributed by atoms with Gasteiger partial charge in [0.05, 0.1) is 28.6 Å². The van der Waals surface area contributed by atoms with E-state index in [4.69, 9.17) is 10.5 Å². The number of rotatable bonds is 5. The Labute approximate surface area is 156 Å². The van der Waals surface area contributed by atoms with Crippen molar-refractivity contribution in [3.63, 3.8) is 0 Å². The summed E-state index contributed by atoms with van der Waals surface area (Å²) in [6.07, 6.45) is 1.86. The number of hydrogen-bond acceptors (Lipinski definition) is 6. The third kappa shape index (κ3) is 2.95. The minimum absolute atomic E-state index is 0.0136. The smallest absolute Gasteiger partial charge is 0.316 e. The average molecular weight is 364 g/mol. The first-order chi connectivity index (χ1) is 13.0. The summed E-state index contributed by atoms with van der Waals surface area (Å²) >= 11 is 0. The molecule has 1 aliphatic carbocycles. The maximum atomic E-state index is 11.8. The summed E-state index contributed by atoms with van der Waals surface area (Å²) in [5.74, 6) is 0.0485. The number of benzene rings is 2. The Hall–Kier alpha value is -3.22. The predicted octanol–water partition coefficient (Wildman–Crippen LogP) is 4.16. The molecular formula is C20H20N4O3. The second kappa shape index (κ2) is 6.50. The summed E-state index contributed by atoms with van der Waals surface area (Å²) in [5.41, 5.74) is 9.37. The van der Waals surface area contributed by atoms with Crippen LogP contribution in [0.25, 0.3) is 10.9 Å². The largest absolute Gasteiger partial charge is 0.467 e. The van der Waals surface area contributed by atoms with Crippen LogP contribution in [0, 0.1) is 10.1 Å². The Balaban J connectivity index is 2.03. The SMILES string of the molecule is COc1nc(C(C)c2ccccc2)c2c(N)c([N+](=O)[O-])c(C3CC3)cc2n1. The van der Waals surface area contributed by atoms with Gasteiger partial charge in [-0.15, -0.1) is 0 Å². The van der Waals surface area contributed by atoms with Crippen molar-refractivity contribution in [2.24, 2.45) is 0 Å². The molecule has 3 aromatic rings. The Bertz CT molecular complexity index is 1030. The van der Waals surface area contributed by atoms with Crippen molar-refractivity contribution in [1.82, 2.24) is 9.97 Å². The van der Waals surface area contributed by atoms with Crippen LogP contribution >= 0.6 is 0 Å². The maximum Gasteiger partial charge on any atom is 0.316 e. The first-order valence-electron chi connectivity index (χ1n) is 8.88. The Kier molecular flexibility index (Phi) is 4.14. The maximum absolute atomic E-state index is 11.8. The molecule has 0 aliphatic heterocycles. The van der Waals surface area contributed by atoms with Crippen molar-refractivity contribution in [2.75, 3.05) is 12.8 Å². The number of anilines is 1. The van der Waals surface area contributed by atoms with E-state index in [9.17, 15) is 10.1 Å². The van der Waals surface area contributed by atoms with Crippen molar-refractivity contribution in [3.05, 3.63) is 63.3 Å². The minimum atomic E-state index is -0.385. The van der Waals surface area contributed by atoms with Crippen LogP contribution in [0.3, 0.4) is 0 Å². The molecule has 7 heteroatoms. The fourth-order valence-electron chi connectivity index (χ4n) is 3.56. The number of nitrogen functional groups attached to an aromatic ring is 1. The standard InChI is InChI=1S/C20H20N4O3/c1-11(12-6-4-3-5-7-12)18-16-15(22-20(23-18)27-2)10-14(13-8-9-13)19(17(16)21)24(25)26/h3-7,10-11,13H,8-9,21H2,1-2H3. The van der Waals surface area contributed by atoms with Crippen molar-refractivity contribution in [2.45, 2.75) is 31.6 Å². The monoisotopic (exact) mass is 364 g/mol. The van der Waals surface area contributed by atoms with Gasteiger partial charge in [0.25, 0.3) is 5.69 Å². The molecule has 0 radical (unpaired) electrons. The summed E-state index contributed by atoms with van der Waals surface area (Å²) in [7, 11) is 1.51. The second-order valence-electron chi connectivity index (χ2n) is 6.88. The molecule has 7 nitrogen and oxygen atoms in total. The van der Waals surface area contributed by atoms with Crippen LogP contribution in [-0.4, -0.2) is 22.0 Å². The van der Waals surface area contributed by atoms with Crippen LogP contribution in [0.1, 0.15) is 48.4 Å². The Morgan fingerprint density at radius 2 is 1.96 bits per heavy atom. The zero-order valence-electron chi connectivity index (χ0n) is 15.2. The van der Waals surface area contributed by atoms with Crippen molar-refractivity contribution >= 4 is 22.3 Å². The first-order valence-corrected chi connectivity index (χ1v) is 8.88. The van der Waals surface area contributed by atoms with E-state index in [1.54, 1.807) is 6.07 Å². The zero-order valence-corrected chi connectivity index (χ0v) is 15.2. The number of nitro benzene ring substituents is 1. The Morgan fingerprint density at radius 3 is 2.56 bits per heavy atom. The lowest BCUT2D eigenvalue weighted by Gasteiger charge is -2.17. The van der Waals surface area contributed by atoms with Gasteiger partial charge in [0.2, 0.25) is 0 Å². The minimum Gasteiger partial charge on any atom is -0.467 e. The molecule has 0 amide bonds. The second-order valence-corrected chi connectivity index (χ2v) is 6.88. The van der Waals surface area contributed by atoms with Gasteiger partial charge in [-0.3, -0.25) is 10.1 Å². The van der Waals surface area contributed by atoms with E-state index in [1.807, 2.05) is 37.3 Å². The van der Waals surface area contributed by atoms with Gasteiger partial charge in [0.15, 0.2) is 0 Å². The van der Waals surface area contributed by atoms with Gasteiger partial charge in [0.1, 0.15) is 5.69 Å². The fraction of sp³-hybridized carbons (Fsp3) is 0.300. The molecule has 27 heavy (non-hydrogen) atoms. The average Bonchev–Trinajstić information content (AvgIpc) is 3.51. The van der Waals surface area contributed by atoms with E-state index < -0.39 is 0 Å². The molecule has 138 valence electrons. The van der Waals surface area contributed by atoms with E-state index >= 15 is 0 Å². The van der Waals surface area contributed by atoms with Crippen LogP contribution in [0.4, 0.5) is 11.4 Å².